The van der Waals surface area contributed by atoms with Crippen LogP contribution in [0.2, 0.25) is 0 Å². The van der Waals surface area contributed by atoms with Gasteiger partial charge in [-0.25, -0.2) is 4.39 Å². The summed E-state index contributed by atoms with van der Waals surface area (Å²) in [6.45, 7) is 0.591. The van der Waals surface area contributed by atoms with Crippen molar-refractivity contribution < 1.29 is 18.7 Å². The molecule has 1 amide bonds. The Kier molecular flexibility index (Phi) is 3.90. The van der Waals surface area contributed by atoms with Crippen LogP contribution in [0.4, 0.5) is 10.1 Å². The SMILES string of the molecule is O=C1c2ccccc2[C@@H](Nc2cccc(F)c2)N1Cc1ccc2c(c1)OCO2. The van der Waals surface area contributed by atoms with E-state index < -0.39 is 6.17 Å². The van der Waals surface area contributed by atoms with Gasteiger partial charge in [-0.2, -0.15) is 0 Å². The van der Waals surface area contributed by atoms with Gasteiger partial charge in [-0.3, -0.25) is 4.79 Å². The standard InChI is InChI=1S/C22H17FN2O3/c23-15-4-3-5-16(11-15)24-21-17-6-1-2-7-18(17)22(26)25(21)12-14-8-9-19-20(10-14)28-13-27-19/h1-11,21,24H,12-13H2/t21-/m0/s1. The molecule has 1 N–H and O–H groups in total. The van der Waals surface area contributed by atoms with Crippen molar-refractivity contribution >= 4 is 11.6 Å². The fourth-order valence-electron chi connectivity index (χ4n) is 3.66. The zero-order chi connectivity index (χ0) is 19.1. The monoisotopic (exact) mass is 376 g/mol. The molecule has 140 valence electrons. The van der Waals surface area contributed by atoms with Crippen molar-refractivity contribution in [1.82, 2.24) is 4.90 Å². The first kappa shape index (κ1) is 16.6. The van der Waals surface area contributed by atoms with Crippen molar-refractivity contribution in [2.24, 2.45) is 0 Å². The van der Waals surface area contributed by atoms with Crippen LogP contribution in [0, 0.1) is 5.82 Å². The van der Waals surface area contributed by atoms with Gasteiger partial charge in [0, 0.05) is 23.4 Å². The van der Waals surface area contributed by atoms with Crippen LogP contribution in [0.5, 0.6) is 11.5 Å². The topological polar surface area (TPSA) is 50.8 Å². The molecule has 3 aromatic carbocycles. The van der Waals surface area contributed by atoms with Gasteiger partial charge < -0.3 is 19.7 Å². The first-order valence-electron chi connectivity index (χ1n) is 8.99. The van der Waals surface area contributed by atoms with E-state index in [0.29, 0.717) is 29.3 Å². The van der Waals surface area contributed by atoms with Crippen LogP contribution in [-0.4, -0.2) is 17.6 Å². The van der Waals surface area contributed by atoms with Crippen LogP contribution >= 0.6 is 0 Å². The summed E-state index contributed by atoms with van der Waals surface area (Å²) in [6.07, 6.45) is -0.393. The maximum absolute atomic E-state index is 13.6. The average Bonchev–Trinajstić information content (AvgIpc) is 3.27. The summed E-state index contributed by atoms with van der Waals surface area (Å²) in [4.78, 5) is 14.8. The molecule has 2 heterocycles. The quantitative estimate of drug-likeness (QED) is 0.737. The number of amides is 1. The molecule has 5 nitrogen and oxygen atoms in total. The summed E-state index contributed by atoms with van der Waals surface area (Å²) in [5.41, 5.74) is 3.07. The van der Waals surface area contributed by atoms with Gasteiger partial charge in [0.1, 0.15) is 12.0 Å². The fourth-order valence-corrected chi connectivity index (χ4v) is 3.66. The highest BCUT2D eigenvalue weighted by Crippen LogP contribution is 2.37. The van der Waals surface area contributed by atoms with E-state index in [-0.39, 0.29) is 18.5 Å². The first-order valence-corrected chi connectivity index (χ1v) is 8.99. The molecule has 5 rings (SSSR count). The maximum atomic E-state index is 13.6. The van der Waals surface area contributed by atoms with Crippen LogP contribution in [0.15, 0.2) is 66.7 Å². The van der Waals surface area contributed by atoms with E-state index >= 15 is 0 Å². The summed E-state index contributed by atoms with van der Waals surface area (Å²) in [6, 6.07) is 19.4. The Bertz CT molecular complexity index is 1070. The Morgan fingerprint density at radius 1 is 1.00 bits per heavy atom. The van der Waals surface area contributed by atoms with Crippen molar-refractivity contribution in [2.75, 3.05) is 12.1 Å². The number of carbonyl (C=O) groups excluding carboxylic acids is 1. The number of halogens is 1. The van der Waals surface area contributed by atoms with Gasteiger partial charge in [0.2, 0.25) is 6.79 Å². The van der Waals surface area contributed by atoms with Gasteiger partial charge in [-0.15, -0.1) is 0 Å². The van der Waals surface area contributed by atoms with Gasteiger partial charge in [0.05, 0.1) is 0 Å². The molecule has 3 aromatic rings. The highest BCUT2D eigenvalue weighted by molar-refractivity contribution is 5.99. The number of hydrogen-bond acceptors (Lipinski definition) is 4. The van der Waals surface area contributed by atoms with Gasteiger partial charge in [-0.1, -0.05) is 30.3 Å². The van der Waals surface area contributed by atoms with Crippen molar-refractivity contribution in [2.45, 2.75) is 12.7 Å². The molecule has 28 heavy (non-hydrogen) atoms. The number of hydrogen-bond donors (Lipinski definition) is 1. The van der Waals surface area contributed by atoms with Crippen molar-refractivity contribution in [3.63, 3.8) is 0 Å². The molecule has 0 saturated heterocycles. The minimum Gasteiger partial charge on any atom is -0.454 e. The molecule has 0 radical (unpaired) electrons. The Morgan fingerprint density at radius 2 is 1.86 bits per heavy atom. The zero-order valence-corrected chi connectivity index (χ0v) is 14.9. The third-order valence-corrected chi connectivity index (χ3v) is 4.98. The number of nitrogens with one attached hydrogen (secondary N) is 1. The summed E-state index contributed by atoms with van der Waals surface area (Å²) in [5.74, 6) is 0.984. The molecule has 0 bridgehead atoms. The molecule has 0 aliphatic carbocycles. The van der Waals surface area contributed by atoms with E-state index in [1.54, 1.807) is 17.0 Å². The average molecular weight is 376 g/mol. The highest BCUT2D eigenvalue weighted by Gasteiger charge is 2.36. The number of anilines is 1. The molecule has 0 spiro atoms. The predicted octanol–water partition coefficient (Wildman–Crippen LogP) is 4.32. The summed E-state index contributed by atoms with van der Waals surface area (Å²) in [7, 11) is 0. The second-order valence-electron chi connectivity index (χ2n) is 6.77. The molecule has 0 fully saturated rings. The largest absolute Gasteiger partial charge is 0.454 e. The van der Waals surface area contributed by atoms with E-state index in [2.05, 4.69) is 5.32 Å². The van der Waals surface area contributed by atoms with Crippen LogP contribution in [0.25, 0.3) is 0 Å². The highest BCUT2D eigenvalue weighted by atomic mass is 19.1. The van der Waals surface area contributed by atoms with Crippen LogP contribution < -0.4 is 14.8 Å². The lowest BCUT2D eigenvalue weighted by atomic mass is 10.1. The molecule has 0 saturated carbocycles. The minimum absolute atomic E-state index is 0.0674. The summed E-state index contributed by atoms with van der Waals surface area (Å²) >= 11 is 0. The van der Waals surface area contributed by atoms with E-state index in [0.717, 1.165) is 11.1 Å². The van der Waals surface area contributed by atoms with Gasteiger partial charge >= 0.3 is 0 Å². The van der Waals surface area contributed by atoms with Crippen molar-refractivity contribution in [1.29, 1.82) is 0 Å². The first-order chi connectivity index (χ1) is 13.7. The van der Waals surface area contributed by atoms with Crippen LogP contribution in [-0.2, 0) is 6.54 Å². The molecule has 6 heteroatoms. The van der Waals surface area contributed by atoms with Crippen LogP contribution in [0.3, 0.4) is 0 Å². The predicted molar refractivity (Wildman–Crippen MR) is 102 cm³/mol. The minimum atomic E-state index is -0.393. The summed E-state index contributed by atoms with van der Waals surface area (Å²) in [5, 5.41) is 3.30. The van der Waals surface area contributed by atoms with E-state index in [1.807, 2.05) is 42.5 Å². The molecule has 0 unspecified atom stereocenters. The van der Waals surface area contributed by atoms with E-state index in [1.165, 1.54) is 12.1 Å². The Labute approximate surface area is 161 Å². The molecule has 2 aliphatic rings. The molecular weight excluding hydrogens is 359 g/mol. The van der Waals surface area contributed by atoms with Gasteiger partial charge in [0.15, 0.2) is 11.5 Å². The second kappa shape index (κ2) is 6.56. The molecule has 1 atom stereocenters. The smallest absolute Gasteiger partial charge is 0.256 e. The Balaban J connectivity index is 1.48. The third-order valence-electron chi connectivity index (χ3n) is 4.98. The van der Waals surface area contributed by atoms with Gasteiger partial charge in [0.25, 0.3) is 5.91 Å². The number of ether oxygens (including phenoxy) is 2. The van der Waals surface area contributed by atoms with Crippen molar-refractivity contribution in [3.05, 3.63) is 89.2 Å². The fraction of sp³-hybridized carbons (Fsp3) is 0.136. The number of fused-ring (bicyclic) bond motifs is 2. The Hall–Kier alpha value is -3.54. The van der Waals surface area contributed by atoms with Crippen LogP contribution in [0.1, 0.15) is 27.7 Å². The molecule has 0 aromatic heterocycles. The lowest BCUT2D eigenvalue weighted by Gasteiger charge is -2.27. The Morgan fingerprint density at radius 3 is 2.75 bits per heavy atom. The lowest BCUT2D eigenvalue weighted by Crippen LogP contribution is -2.31. The van der Waals surface area contributed by atoms with E-state index in [4.69, 9.17) is 9.47 Å². The number of nitrogens with zero attached hydrogens (tertiary/aromatic N) is 1. The number of carbonyl (C=O) groups is 1. The lowest BCUT2D eigenvalue weighted by molar-refractivity contribution is 0.0728. The number of rotatable bonds is 4. The maximum Gasteiger partial charge on any atom is 0.256 e. The summed E-state index contributed by atoms with van der Waals surface area (Å²) < 4.78 is 24.4. The molecule has 2 aliphatic heterocycles. The zero-order valence-electron chi connectivity index (χ0n) is 14.9. The van der Waals surface area contributed by atoms with E-state index in [9.17, 15) is 9.18 Å². The third kappa shape index (κ3) is 2.83. The number of benzene rings is 3. The molecular formula is C22H17FN2O3. The van der Waals surface area contributed by atoms with Gasteiger partial charge in [-0.05, 0) is 42.0 Å². The second-order valence-corrected chi connectivity index (χ2v) is 6.77. The van der Waals surface area contributed by atoms with Crippen molar-refractivity contribution in [3.8, 4) is 11.5 Å². The normalized spacial score (nSPS) is 17.0.